The largest absolute Gasteiger partial charge is 0.241 e. The summed E-state index contributed by atoms with van der Waals surface area (Å²) in [5.41, 5.74) is 1.29. The molecule has 1 aromatic heterocycles. The molecule has 0 aliphatic rings. The van der Waals surface area contributed by atoms with E-state index in [4.69, 9.17) is 5.26 Å². The average Bonchev–Trinajstić information content (AvgIpc) is 2.65. The van der Waals surface area contributed by atoms with E-state index in [1.807, 2.05) is 6.07 Å². The van der Waals surface area contributed by atoms with Crippen molar-refractivity contribution in [2.45, 2.75) is 13.3 Å². The van der Waals surface area contributed by atoms with Crippen molar-refractivity contribution in [2.24, 2.45) is 0 Å². The Labute approximate surface area is 101 Å². The Balaban J connectivity index is 2.43. The van der Waals surface area contributed by atoms with Gasteiger partial charge in [0.05, 0.1) is 18.2 Å². The minimum Gasteiger partial charge on any atom is -0.241 e. The van der Waals surface area contributed by atoms with Gasteiger partial charge in [0, 0.05) is 10.4 Å². The Bertz CT molecular complexity index is 599. The molecule has 1 aromatic carbocycles. The summed E-state index contributed by atoms with van der Waals surface area (Å²) in [4.78, 5) is 5.10. The van der Waals surface area contributed by atoms with Crippen LogP contribution in [0.15, 0.2) is 18.2 Å². The highest BCUT2D eigenvalue weighted by Gasteiger charge is 2.11. The number of aryl methyl sites for hydroxylation is 1. The predicted molar refractivity (Wildman–Crippen MR) is 61.5 cm³/mol. The molecule has 0 aliphatic carbocycles. The van der Waals surface area contributed by atoms with E-state index in [1.54, 1.807) is 6.92 Å². The Morgan fingerprint density at radius 3 is 2.76 bits per heavy atom. The van der Waals surface area contributed by atoms with Gasteiger partial charge in [-0.05, 0) is 25.1 Å². The minimum absolute atomic E-state index is 0.285. The second-order valence-corrected chi connectivity index (χ2v) is 4.58. The van der Waals surface area contributed by atoms with Crippen LogP contribution in [0, 0.1) is 29.9 Å². The van der Waals surface area contributed by atoms with Gasteiger partial charge in [-0.15, -0.1) is 11.3 Å². The predicted octanol–water partition coefficient (Wildman–Crippen LogP) is 3.46. The van der Waals surface area contributed by atoms with E-state index in [9.17, 15) is 8.78 Å². The van der Waals surface area contributed by atoms with Crippen molar-refractivity contribution in [3.05, 3.63) is 40.4 Å². The van der Waals surface area contributed by atoms with Crippen LogP contribution in [0.3, 0.4) is 0 Å². The molecule has 1 heterocycles. The number of benzene rings is 1. The normalized spacial score (nSPS) is 10.2. The maximum Gasteiger partial charge on any atom is 0.159 e. The summed E-state index contributed by atoms with van der Waals surface area (Å²) in [5, 5.41) is 9.23. The molecule has 2 rings (SSSR count). The fourth-order valence-corrected chi connectivity index (χ4v) is 2.41. The standard InChI is InChI=1S/C12H8F2N2S/c1-7-11(4-5-15)17-12(16-7)8-2-3-9(13)10(14)6-8/h2-3,6H,4H2,1H3. The van der Waals surface area contributed by atoms with Gasteiger partial charge >= 0.3 is 0 Å². The highest BCUT2D eigenvalue weighted by atomic mass is 32.1. The summed E-state index contributed by atoms with van der Waals surface area (Å²) in [6, 6.07) is 5.72. The van der Waals surface area contributed by atoms with E-state index in [2.05, 4.69) is 4.98 Å². The van der Waals surface area contributed by atoms with Crippen LogP contribution >= 0.6 is 11.3 Å². The van der Waals surface area contributed by atoms with Crippen LogP contribution in [0.2, 0.25) is 0 Å². The number of nitriles is 1. The molecule has 2 nitrogen and oxygen atoms in total. The van der Waals surface area contributed by atoms with Crippen LogP contribution in [0.5, 0.6) is 0 Å². The third-order valence-corrected chi connectivity index (χ3v) is 3.51. The number of halogens is 2. The molecule has 0 unspecified atom stereocenters. The first-order chi connectivity index (χ1) is 8.11. The van der Waals surface area contributed by atoms with Gasteiger partial charge in [-0.1, -0.05) is 0 Å². The Hall–Kier alpha value is -1.80. The zero-order chi connectivity index (χ0) is 12.4. The zero-order valence-electron chi connectivity index (χ0n) is 9.00. The quantitative estimate of drug-likeness (QED) is 0.818. The summed E-state index contributed by atoms with van der Waals surface area (Å²) < 4.78 is 25.9. The fraction of sp³-hybridized carbons (Fsp3) is 0.167. The topological polar surface area (TPSA) is 36.7 Å². The van der Waals surface area contributed by atoms with Crippen LogP contribution in [-0.2, 0) is 6.42 Å². The number of rotatable bonds is 2. The summed E-state index contributed by atoms with van der Waals surface area (Å²) >= 11 is 1.33. The van der Waals surface area contributed by atoms with Gasteiger partial charge < -0.3 is 0 Å². The fourth-order valence-electron chi connectivity index (χ4n) is 1.42. The van der Waals surface area contributed by atoms with E-state index in [-0.39, 0.29) is 6.42 Å². The first-order valence-corrected chi connectivity index (χ1v) is 5.72. The van der Waals surface area contributed by atoms with Crippen LogP contribution in [-0.4, -0.2) is 4.98 Å². The Morgan fingerprint density at radius 2 is 2.12 bits per heavy atom. The molecule has 86 valence electrons. The third-order valence-electron chi connectivity index (χ3n) is 2.30. The molecule has 2 aromatic rings. The molecular formula is C12H8F2N2S. The van der Waals surface area contributed by atoms with Crippen LogP contribution < -0.4 is 0 Å². The lowest BCUT2D eigenvalue weighted by Crippen LogP contribution is -1.85. The van der Waals surface area contributed by atoms with Crippen molar-refractivity contribution in [2.75, 3.05) is 0 Å². The average molecular weight is 250 g/mol. The monoisotopic (exact) mass is 250 g/mol. The summed E-state index contributed by atoms with van der Waals surface area (Å²) in [6.45, 7) is 1.80. The molecular weight excluding hydrogens is 242 g/mol. The first kappa shape index (κ1) is 11.7. The van der Waals surface area contributed by atoms with E-state index in [0.717, 1.165) is 22.7 Å². The Morgan fingerprint density at radius 1 is 1.35 bits per heavy atom. The van der Waals surface area contributed by atoms with Gasteiger partial charge in [-0.2, -0.15) is 5.26 Å². The Kier molecular flexibility index (Phi) is 3.16. The lowest BCUT2D eigenvalue weighted by molar-refractivity contribution is 0.509. The smallest absolute Gasteiger partial charge is 0.159 e. The van der Waals surface area contributed by atoms with Crippen LogP contribution in [0.1, 0.15) is 10.6 Å². The lowest BCUT2D eigenvalue weighted by Gasteiger charge is -1.96. The molecule has 0 fully saturated rings. The van der Waals surface area contributed by atoms with Gasteiger partial charge in [0.25, 0.3) is 0 Å². The zero-order valence-corrected chi connectivity index (χ0v) is 9.81. The number of aromatic nitrogens is 1. The number of nitrogens with zero attached hydrogens (tertiary/aromatic N) is 2. The molecule has 0 atom stereocenters. The van der Waals surface area contributed by atoms with E-state index in [0.29, 0.717) is 10.6 Å². The first-order valence-electron chi connectivity index (χ1n) is 4.90. The van der Waals surface area contributed by atoms with Crippen molar-refractivity contribution in [3.8, 4) is 16.6 Å². The highest BCUT2D eigenvalue weighted by Crippen LogP contribution is 2.28. The molecule has 0 spiro atoms. The highest BCUT2D eigenvalue weighted by molar-refractivity contribution is 7.15. The van der Waals surface area contributed by atoms with Crippen molar-refractivity contribution in [1.82, 2.24) is 4.98 Å². The second kappa shape index (κ2) is 4.60. The number of hydrogen-bond acceptors (Lipinski definition) is 3. The van der Waals surface area contributed by atoms with Crippen molar-refractivity contribution < 1.29 is 8.78 Å². The summed E-state index contributed by atoms with van der Waals surface area (Å²) in [5.74, 6) is -1.77. The van der Waals surface area contributed by atoms with Gasteiger partial charge in [0.2, 0.25) is 0 Å². The molecule has 0 amide bonds. The van der Waals surface area contributed by atoms with Crippen molar-refractivity contribution >= 4 is 11.3 Å². The maximum atomic E-state index is 13.1. The number of hydrogen-bond donors (Lipinski definition) is 0. The second-order valence-electron chi connectivity index (χ2n) is 3.49. The molecule has 0 saturated carbocycles. The third kappa shape index (κ3) is 2.32. The van der Waals surface area contributed by atoms with Gasteiger partial charge in [-0.25, -0.2) is 13.8 Å². The molecule has 0 bridgehead atoms. The van der Waals surface area contributed by atoms with Crippen LogP contribution in [0.4, 0.5) is 8.78 Å². The molecule has 0 aliphatic heterocycles. The van der Waals surface area contributed by atoms with Crippen LogP contribution in [0.25, 0.3) is 10.6 Å². The van der Waals surface area contributed by atoms with E-state index in [1.165, 1.54) is 17.4 Å². The van der Waals surface area contributed by atoms with E-state index < -0.39 is 11.6 Å². The lowest BCUT2D eigenvalue weighted by atomic mass is 10.2. The van der Waals surface area contributed by atoms with Gasteiger partial charge in [-0.3, -0.25) is 0 Å². The summed E-state index contributed by atoms with van der Waals surface area (Å²) in [6.07, 6.45) is 0.285. The molecule has 0 N–H and O–H groups in total. The van der Waals surface area contributed by atoms with E-state index >= 15 is 0 Å². The minimum atomic E-state index is -0.891. The van der Waals surface area contributed by atoms with Gasteiger partial charge in [0.1, 0.15) is 5.01 Å². The summed E-state index contributed by atoms with van der Waals surface area (Å²) in [7, 11) is 0. The SMILES string of the molecule is Cc1nc(-c2ccc(F)c(F)c2)sc1CC#N. The molecule has 0 saturated heterocycles. The van der Waals surface area contributed by atoms with Gasteiger partial charge in [0.15, 0.2) is 11.6 Å². The van der Waals surface area contributed by atoms with Crippen molar-refractivity contribution in [1.29, 1.82) is 5.26 Å². The molecule has 17 heavy (non-hydrogen) atoms. The molecule has 5 heteroatoms. The maximum absolute atomic E-state index is 13.1. The number of thiazole rings is 1. The molecule has 0 radical (unpaired) electrons. The van der Waals surface area contributed by atoms with Crippen molar-refractivity contribution in [3.63, 3.8) is 0 Å².